The molecule has 3 aliphatic rings. The van der Waals surface area contributed by atoms with E-state index >= 15 is 0 Å². The van der Waals surface area contributed by atoms with Gasteiger partial charge in [0.2, 0.25) is 11.8 Å². The van der Waals surface area contributed by atoms with E-state index in [1.807, 2.05) is 16.7 Å². The summed E-state index contributed by atoms with van der Waals surface area (Å²) < 4.78 is 0. The molecule has 2 amide bonds. The molecule has 2 aliphatic heterocycles. The molecule has 0 aromatic rings. The summed E-state index contributed by atoms with van der Waals surface area (Å²) in [5.74, 6) is 1.21. The topological polar surface area (TPSA) is 40.6 Å². The third-order valence-electron chi connectivity index (χ3n) is 5.71. The number of rotatable bonds is 2. The van der Waals surface area contributed by atoms with E-state index in [0.717, 1.165) is 51.0 Å². The molecule has 2 unspecified atom stereocenters. The van der Waals surface area contributed by atoms with Gasteiger partial charge in [-0.3, -0.25) is 9.59 Å². The molecule has 0 spiro atoms. The number of carbonyl (C=O) groups excluding carboxylic acids is 2. The molecule has 2 saturated heterocycles. The lowest BCUT2D eigenvalue weighted by molar-refractivity contribution is -0.167. The Kier molecular flexibility index (Phi) is 4.23. The maximum Gasteiger partial charge on any atom is 0.246 e. The predicted octanol–water partition coefficient (Wildman–Crippen LogP) is 2.57. The smallest absolute Gasteiger partial charge is 0.246 e. The number of carbonyl (C=O) groups is 2. The zero-order chi connectivity index (χ0) is 15.0. The van der Waals surface area contributed by atoms with Crippen LogP contribution in [0.15, 0.2) is 0 Å². The second-order valence-electron chi connectivity index (χ2n) is 7.13. The molecule has 0 radical (unpaired) electrons. The Balaban J connectivity index is 1.83. The fraction of sp³-hybridized carbons (Fsp3) is 0.882. The highest BCUT2D eigenvalue weighted by atomic mass is 16.2. The van der Waals surface area contributed by atoms with Crippen molar-refractivity contribution in [3.8, 4) is 0 Å². The van der Waals surface area contributed by atoms with Gasteiger partial charge in [0.25, 0.3) is 0 Å². The Labute approximate surface area is 127 Å². The van der Waals surface area contributed by atoms with Crippen LogP contribution in [0.25, 0.3) is 0 Å². The summed E-state index contributed by atoms with van der Waals surface area (Å²) in [5.41, 5.74) is 0. The molecule has 0 aromatic heterocycles. The highest BCUT2D eigenvalue weighted by Gasteiger charge is 2.48. The predicted molar refractivity (Wildman–Crippen MR) is 81.7 cm³/mol. The number of hydrogen-bond acceptors (Lipinski definition) is 2. The van der Waals surface area contributed by atoms with Crippen molar-refractivity contribution in [3.05, 3.63) is 0 Å². The van der Waals surface area contributed by atoms with E-state index < -0.39 is 0 Å². The van der Waals surface area contributed by atoms with Gasteiger partial charge in [0, 0.05) is 12.6 Å². The third kappa shape index (κ3) is 2.58. The molecule has 118 valence electrons. The van der Waals surface area contributed by atoms with Crippen LogP contribution in [0.2, 0.25) is 0 Å². The molecule has 4 heteroatoms. The number of piperidine rings is 1. The zero-order valence-electron chi connectivity index (χ0n) is 13.4. The van der Waals surface area contributed by atoms with Crippen molar-refractivity contribution >= 4 is 11.8 Å². The fourth-order valence-electron chi connectivity index (χ4n) is 4.41. The molecular weight excluding hydrogens is 264 g/mol. The number of amides is 2. The van der Waals surface area contributed by atoms with Gasteiger partial charge in [-0.15, -0.1) is 0 Å². The van der Waals surface area contributed by atoms with Crippen LogP contribution in [0, 0.1) is 5.92 Å². The molecule has 4 nitrogen and oxygen atoms in total. The van der Waals surface area contributed by atoms with E-state index in [1.165, 1.54) is 12.8 Å². The Morgan fingerprint density at radius 2 is 1.71 bits per heavy atom. The molecule has 1 aliphatic carbocycles. The Morgan fingerprint density at radius 3 is 2.38 bits per heavy atom. The van der Waals surface area contributed by atoms with Crippen LogP contribution in [0.3, 0.4) is 0 Å². The number of fused-ring (bicyclic) bond motifs is 1. The molecule has 0 N–H and O–H groups in total. The van der Waals surface area contributed by atoms with Gasteiger partial charge in [-0.1, -0.05) is 13.8 Å². The molecule has 0 bridgehead atoms. The summed E-state index contributed by atoms with van der Waals surface area (Å²) in [7, 11) is 0. The van der Waals surface area contributed by atoms with Crippen molar-refractivity contribution in [2.45, 2.75) is 83.3 Å². The van der Waals surface area contributed by atoms with Crippen molar-refractivity contribution in [2.24, 2.45) is 5.92 Å². The van der Waals surface area contributed by atoms with Gasteiger partial charge < -0.3 is 9.80 Å². The Hall–Kier alpha value is -1.06. The van der Waals surface area contributed by atoms with Crippen LogP contribution in [-0.4, -0.2) is 46.3 Å². The first-order chi connectivity index (χ1) is 10.1. The largest absolute Gasteiger partial charge is 0.329 e. The fourth-order valence-corrected chi connectivity index (χ4v) is 4.41. The maximum absolute atomic E-state index is 13.0. The Bertz CT molecular complexity index is 415. The molecule has 3 fully saturated rings. The van der Waals surface area contributed by atoms with Crippen molar-refractivity contribution in [1.82, 2.24) is 9.80 Å². The van der Waals surface area contributed by atoms with Gasteiger partial charge in [0.15, 0.2) is 0 Å². The van der Waals surface area contributed by atoms with Gasteiger partial charge in [-0.2, -0.15) is 0 Å². The molecule has 1 saturated carbocycles. The standard InChI is InChI=1S/C17H28N2O2/c1-3-14-16(20)18-11-5-4-6-15(18)17(21)19(14)13-9-7-12(2)8-10-13/h12-15H,3-11H2,1-2H3. The SMILES string of the molecule is CCC1C(=O)N2CCCCC2C(=O)N1C1CCC(C)CC1. The highest BCUT2D eigenvalue weighted by molar-refractivity contribution is 5.97. The maximum atomic E-state index is 13.0. The summed E-state index contributed by atoms with van der Waals surface area (Å²) in [6.07, 6.45) is 8.26. The lowest BCUT2D eigenvalue weighted by Crippen LogP contribution is -2.67. The van der Waals surface area contributed by atoms with Crippen molar-refractivity contribution < 1.29 is 9.59 Å². The van der Waals surface area contributed by atoms with Crippen LogP contribution >= 0.6 is 0 Å². The lowest BCUT2D eigenvalue weighted by Gasteiger charge is -2.50. The number of hydrogen-bond donors (Lipinski definition) is 0. The molecule has 21 heavy (non-hydrogen) atoms. The number of piperazine rings is 1. The van der Waals surface area contributed by atoms with E-state index in [1.54, 1.807) is 0 Å². The van der Waals surface area contributed by atoms with E-state index in [-0.39, 0.29) is 23.9 Å². The van der Waals surface area contributed by atoms with Gasteiger partial charge in [0.1, 0.15) is 12.1 Å². The van der Waals surface area contributed by atoms with Crippen LogP contribution in [0.1, 0.15) is 65.2 Å². The van der Waals surface area contributed by atoms with Crippen LogP contribution in [-0.2, 0) is 9.59 Å². The lowest BCUT2D eigenvalue weighted by atomic mass is 9.84. The minimum absolute atomic E-state index is 0.159. The summed E-state index contributed by atoms with van der Waals surface area (Å²) >= 11 is 0. The normalized spacial score (nSPS) is 37.6. The minimum atomic E-state index is -0.203. The molecule has 0 aromatic carbocycles. The van der Waals surface area contributed by atoms with Gasteiger partial charge in [-0.25, -0.2) is 0 Å². The Morgan fingerprint density at radius 1 is 1.00 bits per heavy atom. The second kappa shape index (κ2) is 5.98. The van der Waals surface area contributed by atoms with Crippen LogP contribution < -0.4 is 0 Å². The third-order valence-corrected chi connectivity index (χ3v) is 5.71. The first-order valence-corrected chi connectivity index (χ1v) is 8.76. The molecule has 2 heterocycles. The number of nitrogens with zero attached hydrogens (tertiary/aromatic N) is 2. The highest BCUT2D eigenvalue weighted by Crippen LogP contribution is 2.34. The van der Waals surface area contributed by atoms with E-state index in [2.05, 4.69) is 6.92 Å². The van der Waals surface area contributed by atoms with Crippen LogP contribution in [0.4, 0.5) is 0 Å². The van der Waals surface area contributed by atoms with Crippen molar-refractivity contribution in [2.75, 3.05) is 6.54 Å². The van der Waals surface area contributed by atoms with E-state index in [4.69, 9.17) is 0 Å². The van der Waals surface area contributed by atoms with E-state index in [0.29, 0.717) is 6.04 Å². The minimum Gasteiger partial charge on any atom is -0.329 e. The monoisotopic (exact) mass is 292 g/mol. The summed E-state index contributed by atoms with van der Waals surface area (Å²) in [6.45, 7) is 5.11. The summed E-state index contributed by atoms with van der Waals surface area (Å²) in [4.78, 5) is 29.7. The van der Waals surface area contributed by atoms with Crippen molar-refractivity contribution in [3.63, 3.8) is 0 Å². The summed E-state index contributed by atoms with van der Waals surface area (Å²) in [5, 5.41) is 0. The quantitative estimate of drug-likeness (QED) is 0.785. The first kappa shape index (κ1) is 14.9. The molecule has 3 rings (SSSR count). The average Bonchev–Trinajstić information content (AvgIpc) is 2.52. The zero-order valence-corrected chi connectivity index (χ0v) is 13.4. The van der Waals surface area contributed by atoms with Gasteiger partial charge in [0.05, 0.1) is 0 Å². The second-order valence-corrected chi connectivity index (χ2v) is 7.13. The molecule has 2 atom stereocenters. The van der Waals surface area contributed by atoms with Crippen LogP contribution in [0.5, 0.6) is 0 Å². The molecular formula is C17H28N2O2. The summed E-state index contributed by atoms with van der Waals surface area (Å²) in [6, 6.07) is -0.0645. The van der Waals surface area contributed by atoms with Crippen molar-refractivity contribution in [1.29, 1.82) is 0 Å². The average molecular weight is 292 g/mol. The van der Waals surface area contributed by atoms with Gasteiger partial charge in [-0.05, 0) is 57.3 Å². The van der Waals surface area contributed by atoms with E-state index in [9.17, 15) is 9.59 Å². The first-order valence-electron chi connectivity index (χ1n) is 8.76. The van der Waals surface area contributed by atoms with Gasteiger partial charge >= 0.3 is 0 Å².